The van der Waals surface area contributed by atoms with Gasteiger partial charge in [-0.15, -0.1) is 12.4 Å². The molecule has 3 rings (SSSR count). The van der Waals surface area contributed by atoms with Crippen LogP contribution in [0.3, 0.4) is 0 Å². The zero-order valence-corrected chi connectivity index (χ0v) is 42.3. The summed E-state index contributed by atoms with van der Waals surface area (Å²) in [5.41, 5.74) is 11.4. The monoisotopic (exact) mass is 970 g/mol. The topological polar surface area (TPSA) is 332 Å². The van der Waals surface area contributed by atoms with Gasteiger partial charge in [0.05, 0.1) is 20.1 Å². The van der Waals surface area contributed by atoms with E-state index in [-0.39, 0.29) is 83.9 Å². The van der Waals surface area contributed by atoms with Crippen molar-refractivity contribution >= 4 is 49.1 Å². The first kappa shape index (κ1) is 69.8. The molecule has 0 unspecified atom stereocenters. The first-order valence-corrected chi connectivity index (χ1v) is 18.8. The average molecular weight is 971 g/mol. The minimum absolute atomic E-state index is 0. The fourth-order valence-electron chi connectivity index (χ4n) is 3.88. The standard InChI is InChI=1S/C10H18O5.C10H12O3.C9H11NO3.C8H9NO3.C5H12O2.CH2O3.ClH.Na/c1-9(2,3)14-7(11)13-8(12)15-10(4,5)6;1-7(10(12)13-2)8-3-5-9(11)6-4-8;1-13-9(12)8(10)6-2-4-7(11)5-3-6;9-7(8(11)12)5-1-3-6(10)4-2-5;1-4-5(6-2)7-3;2-1-4-3;;/h1-6H3;3-7,11H,1-2H3;2-5,8,11H,10H2,1H3;1-4,7,10H,9H2,(H,11,12);5H,4H2,1-3H3;1,3H;1H;/q;;;;;;;+1/p-1/t;7-;8-;7-;;;;/m.000..../s1. The number of phenolic OH excluding ortho intramolecular Hbond substituents is 3. The van der Waals surface area contributed by atoms with Crippen molar-refractivity contribution in [1.29, 1.82) is 0 Å². The van der Waals surface area contributed by atoms with Crippen molar-refractivity contribution in [1.82, 2.24) is 0 Å². The van der Waals surface area contributed by atoms with E-state index in [9.17, 15) is 24.0 Å². The van der Waals surface area contributed by atoms with E-state index in [0.717, 1.165) is 12.0 Å². The minimum Gasteiger partial charge on any atom is -0.662 e. The van der Waals surface area contributed by atoms with Gasteiger partial charge in [0.2, 0.25) is 0 Å². The number of carboxylic acid groups (broad SMARTS) is 1. The van der Waals surface area contributed by atoms with Crippen LogP contribution in [0.5, 0.6) is 17.2 Å². The van der Waals surface area contributed by atoms with Crippen LogP contribution in [0.2, 0.25) is 0 Å². The maximum atomic E-state index is 11.1. The van der Waals surface area contributed by atoms with E-state index >= 15 is 0 Å². The number of halogens is 1. The van der Waals surface area contributed by atoms with E-state index in [1.807, 2.05) is 6.92 Å². The number of esters is 2. The summed E-state index contributed by atoms with van der Waals surface area (Å²) in [7, 11) is 5.91. The predicted molar refractivity (Wildman–Crippen MR) is 234 cm³/mol. The summed E-state index contributed by atoms with van der Waals surface area (Å²) >= 11 is 0. The van der Waals surface area contributed by atoms with Gasteiger partial charge in [-0.3, -0.25) is 19.2 Å². The van der Waals surface area contributed by atoms with Gasteiger partial charge in [-0.2, -0.15) is 0 Å². The van der Waals surface area contributed by atoms with Crippen molar-refractivity contribution in [3.63, 3.8) is 0 Å². The number of benzene rings is 3. The van der Waals surface area contributed by atoms with Gasteiger partial charge in [0.25, 0.3) is 6.47 Å². The Hall–Kier alpha value is -5.23. The zero-order chi connectivity index (χ0) is 50.2. The Morgan fingerprint density at radius 3 is 1.17 bits per heavy atom. The van der Waals surface area contributed by atoms with E-state index < -0.39 is 47.5 Å². The van der Waals surface area contributed by atoms with E-state index in [2.05, 4.69) is 19.1 Å². The fourth-order valence-corrected chi connectivity index (χ4v) is 3.88. The number of hydrogen-bond donors (Lipinski definition) is 6. The second-order valence-electron chi connectivity index (χ2n) is 14.4. The number of rotatable bonds is 10. The number of nitrogens with two attached hydrogens (primary N) is 2. The first-order valence-electron chi connectivity index (χ1n) is 18.8. The maximum absolute atomic E-state index is 11.1. The number of phenols is 3. The van der Waals surface area contributed by atoms with Crippen LogP contribution in [0.1, 0.15) is 96.5 Å². The number of aromatic hydroxyl groups is 3. The first-order chi connectivity index (χ1) is 29.7. The molecule has 0 saturated carbocycles. The number of hydrogen-bond acceptors (Lipinski definition) is 20. The van der Waals surface area contributed by atoms with Crippen molar-refractivity contribution in [2.45, 2.75) is 97.3 Å². The summed E-state index contributed by atoms with van der Waals surface area (Å²) in [4.78, 5) is 65.8. The van der Waals surface area contributed by atoms with Crippen LogP contribution in [-0.4, -0.2) is 103 Å². The molecule has 3 aromatic carbocycles. The van der Waals surface area contributed by atoms with Crippen LogP contribution in [0, 0.1) is 0 Å². The van der Waals surface area contributed by atoms with Gasteiger partial charge in [-0.1, -0.05) is 43.3 Å². The van der Waals surface area contributed by atoms with Gasteiger partial charge in [-0.05, 0) is 108 Å². The molecule has 8 N–H and O–H groups in total. The van der Waals surface area contributed by atoms with Gasteiger partial charge in [0.15, 0.2) is 6.29 Å². The van der Waals surface area contributed by atoms with E-state index in [1.54, 1.807) is 99.1 Å². The van der Waals surface area contributed by atoms with Crippen LogP contribution in [-0.2, 0) is 57.2 Å². The number of carbonyl (C=O) groups is 6. The molecule has 0 aliphatic rings. The fraction of sp³-hybridized carbons (Fsp3) is 0.442. The van der Waals surface area contributed by atoms with Crippen molar-refractivity contribution in [3.8, 4) is 17.2 Å². The number of methoxy groups -OCH3 is 4. The van der Waals surface area contributed by atoms with Crippen LogP contribution in [0.15, 0.2) is 72.8 Å². The average Bonchev–Trinajstić information content (AvgIpc) is 3.23. The van der Waals surface area contributed by atoms with Crippen LogP contribution >= 0.6 is 12.4 Å². The number of aliphatic carboxylic acids is 1. The SMILES string of the molecule is CC(C)(C)OC(=O)OC(=O)OC(C)(C)C.CCC(OC)OC.COC(=O)[C@@H](C)c1ccc(O)cc1.COC(=O)[C@@H](N)c1ccc(O)cc1.Cl.N[C@H](C(=O)O)c1ccc(O)cc1.O=CO[O-].[Na+]. The summed E-state index contributed by atoms with van der Waals surface area (Å²) in [6.45, 7) is 13.6. The van der Waals surface area contributed by atoms with Crippen LogP contribution in [0.25, 0.3) is 0 Å². The Balaban J connectivity index is -0.000000231. The molecule has 0 heterocycles. The van der Waals surface area contributed by atoms with Crippen molar-refractivity contribution in [2.75, 3.05) is 28.4 Å². The third-order valence-corrected chi connectivity index (χ3v) is 7.02. The van der Waals surface area contributed by atoms with Crippen molar-refractivity contribution in [3.05, 3.63) is 89.5 Å². The molecule has 0 spiro atoms. The minimum atomic E-state index is -1.08. The quantitative estimate of drug-likeness (QED) is 0.0248. The molecule has 3 aromatic rings. The Morgan fingerprint density at radius 1 is 0.636 bits per heavy atom. The molecule has 0 aliphatic heterocycles. The molecule has 0 radical (unpaired) electrons. The van der Waals surface area contributed by atoms with Gasteiger partial charge in [0.1, 0.15) is 40.5 Å². The van der Waals surface area contributed by atoms with E-state index in [4.69, 9.17) is 60.9 Å². The van der Waals surface area contributed by atoms with Crippen LogP contribution < -0.4 is 46.3 Å². The molecule has 3 atom stereocenters. The summed E-state index contributed by atoms with van der Waals surface area (Å²) in [5.74, 6) is -1.71. The summed E-state index contributed by atoms with van der Waals surface area (Å²) in [6, 6.07) is 16.6. The molecule has 21 nitrogen and oxygen atoms in total. The van der Waals surface area contributed by atoms with Gasteiger partial charge in [0, 0.05) is 14.2 Å². The number of carbonyl (C=O) groups excluding carboxylic acids is 5. The Bertz CT molecular complexity index is 1690. The smallest absolute Gasteiger partial charge is 0.662 e. The summed E-state index contributed by atoms with van der Waals surface area (Å²) in [6.07, 6.45) is -1.22. The predicted octanol–water partition coefficient (Wildman–Crippen LogP) is 2.46. The summed E-state index contributed by atoms with van der Waals surface area (Å²) in [5, 5.41) is 43.8. The molecule has 66 heavy (non-hydrogen) atoms. The van der Waals surface area contributed by atoms with E-state index in [1.165, 1.54) is 50.6 Å². The molecule has 0 amide bonds. The third kappa shape index (κ3) is 36.0. The second kappa shape index (κ2) is 37.9. The van der Waals surface area contributed by atoms with Gasteiger partial charge >= 0.3 is 59.8 Å². The summed E-state index contributed by atoms with van der Waals surface area (Å²) < 4.78 is 32.5. The molecule has 0 fully saturated rings. The van der Waals surface area contributed by atoms with E-state index in [0.29, 0.717) is 11.1 Å². The Labute approximate surface area is 413 Å². The molecular weight excluding hydrogens is 907 g/mol. The second-order valence-corrected chi connectivity index (χ2v) is 14.4. The zero-order valence-electron chi connectivity index (χ0n) is 39.5. The van der Waals surface area contributed by atoms with Crippen molar-refractivity contribution in [2.24, 2.45) is 11.5 Å². The maximum Gasteiger partial charge on any atom is 1.00 e. The normalized spacial score (nSPS) is 11.2. The number of ether oxygens (including phenoxy) is 7. The molecule has 0 aromatic heterocycles. The molecule has 23 heteroatoms. The van der Waals surface area contributed by atoms with Crippen molar-refractivity contribution < 1.29 is 122 Å². The Kier molecular flexibility index (Phi) is 40.1. The molecule has 0 saturated heterocycles. The largest absolute Gasteiger partial charge is 1.00 e. The number of carboxylic acids is 1. The molecule has 0 bridgehead atoms. The van der Waals surface area contributed by atoms with Gasteiger partial charge < -0.3 is 75.2 Å². The van der Waals surface area contributed by atoms with Crippen LogP contribution in [0.4, 0.5) is 9.59 Å². The molecular formula is C43H64ClN2NaO19. The molecule has 368 valence electrons. The van der Waals surface area contributed by atoms with Gasteiger partial charge in [-0.25, -0.2) is 9.59 Å². The third-order valence-electron chi connectivity index (χ3n) is 7.02. The molecule has 0 aliphatic carbocycles. The Morgan fingerprint density at radius 2 is 0.939 bits per heavy atom.